The first kappa shape index (κ1) is 12.6. The maximum absolute atomic E-state index is 5.35. The van der Waals surface area contributed by atoms with E-state index in [1.54, 1.807) is 0 Å². The van der Waals surface area contributed by atoms with Crippen LogP contribution in [0.5, 0.6) is 0 Å². The van der Waals surface area contributed by atoms with Crippen LogP contribution in [0.3, 0.4) is 0 Å². The van der Waals surface area contributed by atoms with Crippen molar-refractivity contribution in [2.24, 2.45) is 0 Å². The van der Waals surface area contributed by atoms with Gasteiger partial charge in [0.25, 0.3) is 0 Å². The molecule has 17 heavy (non-hydrogen) atoms. The van der Waals surface area contributed by atoms with E-state index >= 15 is 0 Å². The normalized spacial score (nSPS) is 11.1. The van der Waals surface area contributed by atoms with Gasteiger partial charge in [-0.3, -0.25) is 4.68 Å². The summed E-state index contributed by atoms with van der Waals surface area (Å²) in [6.07, 6.45) is 0. The third-order valence-corrected chi connectivity index (χ3v) is 3.83. The smallest absolute Gasteiger partial charge is 0.122 e. The molecule has 0 unspecified atom stereocenters. The van der Waals surface area contributed by atoms with Gasteiger partial charge in [-0.15, -0.1) is 0 Å². The quantitative estimate of drug-likeness (QED) is 0.829. The lowest BCUT2D eigenvalue weighted by molar-refractivity contribution is 0.649. The largest absolute Gasteiger partial charge is 0.301 e. The first-order valence-electron chi connectivity index (χ1n) is 5.61. The van der Waals surface area contributed by atoms with Gasteiger partial charge in [0, 0.05) is 10.2 Å². The number of benzene rings is 1. The number of nitrogens with zero attached hydrogens (tertiary/aromatic N) is 1. The summed E-state index contributed by atoms with van der Waals surface area (Å²) in [4.78, 5) is 0. The van der Waals surface area contributed by atoms with Gasteiger partial charge >= 0.3 is 0 Å². The predicted octanol–water partition coefficient (Wildman–Crippen LogP) is 4.48. The minimum Gasteiger partial charge on any atom is -0.301 e. The molecule has 2 rings (SSSR count). The molecule has 0 radical (unpaired) electrons. The average molecular weight is 311 g/mol. The highest BCUT2D eigenvalue weighted by Gasteiger charge is 2.06. The van der Waals surface area contributed by atoms with Crippen LogP contribution in [0.4, 0.5) is 0 Å². The lowest BCUT2D eigenvalue weighted by Crippen LogP contribution is -2.03. The number of aromatic amines is 1. The van der Waals surface area contributed by atoms with Crippen LogP contribution in [0, 0.1) is 4.64 Å². The summed E-state index contributed by atoms with van der Waals surface area (Å²) >= 11 is 8.90. The van der Waals surface area contributed by atoms with E-state index < -0.39 is 0 Å². The van der Waals surface area contributed by atoms with Crippen LogP contribution in [0.2, 0.25) is 0 Å². The van der Waals surface area contributed by atoms with E-state index in [0.29, 0.717) is 5.92 Å². The first-order valence-corrected chi connectivity index (χ1v) is 6.81. The second-order valence-corrected chi connectivity index (χ2v) is 5.65. The van der Waals surface area contributed by atoms with Crippen molar-refractivity contribution in [1.29, 1.82) is 0 Å². The number of hydrogen-bond donors (Lipinski definition) is 1. The molecule has 4 heteroatoms. The van der Waals surface area contributed by atoms with Gasteiger partial charge in [-0.1, -0.05) is 60.2 Å². The Morgan fingerprint density at radius 2 is 2.06 bits per heavy atom. The lowest BCUT2D eigenvalue weighted by atomic mass is 10.1. The van der Waals surface area contributed by atoms with Crippen LogP contribution < -0.4 is 0 Å². The molecule has 0 atom stereocenters. The van der Waals surface area contributed by atoms with Crippen molar-refractivity contribution in [3.8, 4) is 0 Å². The second kappa shape index (κ2) is 5.19. The Kier molecular flexibility index (Phi) is 3.84. The molecular formula is C13H15BrN2S. The maximum Gasteiger partial charge on any atom is 0.122 e. The van der Waals surface area contributed by atoms with Crippen LogP contribution in [0.25, 0.3) is 0 Å². The van der Waals surface area contributed by atoms with Gasteiger partial charge in [-0.05, 0) is 23.6 Å². The monoisotopic (exact) mass is 310 g/mol. The molecule has 1 heterocycles. The summed E-state index contributed by atoms with van der Waals surface area (Å²) in [5.74, 6) is 0.470. The molecule has 0 amide bonds. The van der Waals surface area contributed by atoms with E-state index in [9.17, 15) is 0 Å². The van der Waals surface area contributed by atoms with Crippen molar-refractivity contribution in [1.82, 2.24) is 9.78 Å². The molecule has 0 spiro atoms. The molecule has 0 aliphatic rings. The second-order valence-electron chi connectivity index (χ2n) is 4.38. The van der Waals surface area contributed by atoms with E-state index in [4.69, 9.17) is 12.2 Å². The fraction of sp³-hybridized carbons (Fsp3) is 0.308. The van der Waals surface area contributed by atoms with Crippen molar-refractivity contribution < 1.29 is 0 Å². The van der Waals surface area contributed by atoms with Crippen LogP contribution in [0.15, 0.2) is 34.8 Å². The van der Waals surface area contributed by atoms with E-state index in [1.165, 1.54) is 11.3 Å². The van der Waals surface area contributed by atoms with Gasteiger partial charge in [-0.25, -0.2) is 0 Å². The van der Waals surface area contributed by atoms with E-state index in [1.807, 2.05) is 28.9 Å². The average Bonchev–Trinajstić information content (AvgIpc) is 2.64. The SMILES string of the molecule is CC(C)c1cc(=S)n(Cc2ccccc2Br)[nH]1. The Morgan fingerprint density at radius 1 is 1.35 bits per heavy atom. The molecule has 2 aromatic rings. The minimum atomic E-state index is 0.470. The van der Waals surface area contributed by atoms with Crippen molar-refractivity contribution in [3.63, 3.8) is 0 Å². The molecule has 0 aliphatic heterocycles. The van der Waals surface area contributed by atoms with Gasteiger partial charge in [0.2, 0.25) is 0 Å². The fourth-order valence-electron chi connectivity index (χ4n) is 1.66. The van der Waals surface area contributed by atoms with Crippen LogP contribution in [-0.4, -0.2) is 9.78 Å². The highest BCUT2D eigenvalue weighted by Crippen LogP contribution is 2.18. The molecule has 0 aliphatic carbocycles. The fourth-order valence-corrected chi connectivity index (χ4v) is 2.31. The van der Waals surface area contributed by atoms with Crippen molar-refractivity contribution in [2.45, 2.75) is 26.3 Å². The van der Waals surface area contributed by atoms with Crippen LogP contribution in [-0.2, 0) is 6.54 Å². The molecule has 0 saturated carbocycles. The number of aromatic nitrogens is 2. The molecule has 0 saturated heterocycles. The van der Waals surface area contributed by atoms with Crippen LogP contribution >= 0.6 is 28.1 Å². The summed E-state index contributed by atoms with van der Waals surface area (Å²) in [5.41, 5.74) is 2.41. The van der Waals surface area contributed by atoms with Crippen molar-refractivity contribution in [2.75, 3.05) is 0 Å². The third-order valence-electron chi connectivity index (χ3n) is 2.72. The summed E-state index contributed by atoms with van der Waals surface area (Å²) in [7, 11) is 0. The van der Waals surface area contributed by atoms with Gasteiger partial charge in [-0.2, -0.15) is 0 Å². The van der Waals surface area contributed by atoms with Crippen molar-refractivity contribution in [3.05, 3.63) is 50.7 Å². The molecule has 0 bridgehead atoms. The van der Waals surface area contributed by atoms with Gasteiger partial charge in [0.05, 0.1) is 6.54 Å². The Bertz CT molecular complexity index is 569. The lowest BCUT2D eigenvalue weighted by Gasteiger charge is -2.06. The number of rotatable bonds is 3. The van der Waals surface area contributed by atoms with Gasteiger partial charge in [0.1, 0.15) is 4.64 Å². The first-order chi connectivity index (χ1) is 8.08. The zero-order valence-corrected chi connectivity index (χ0v) is 12.3. The summed E-state index contributed by atoms with van der Waals surface area (Å²) in [5, 5.41) is 3.35. The highest BCUT2D eigenvalue weighted by molar-refractivity contribution is 9.10. The maximum atomic E-state index is 5.35. The van der Waals surface area contributed by atoms with Gasteiger partial charge < -0.3 is 5.10 Å². The summed E-state index contributed by atoms with van der Waals surface area (Å²) in [6, 6.07) is 10.2. The third kappa shape index (κ3) is 2.87. The predicted molar refractivity (Wildman–Crippen MR) is 76.9 cm³/mol. The molecule has 0 fully saturated rings. The van der Waals surface area contributed by atoms with Gasteiger partial charge in [0.15, 0.2) is 0 Å². The Labute approximate surface area is 115 Å². The Balaban J connectivity index is 2.31. The Hall–Kier alpha value is -0.870. The van der Waals surface area contributed by atoms with E-state index in [0.717, 1.165) is 15.7 Å². The highest BCUT2D eigenvalue weighted by atomic mass is 79.9. The number of H-pyrrole nitrogens is 1. The topological polar surface area (TPSA) is 20.7 Å². The van der Waals surface area contributed by atoms with Crippen molar-refractivity contribution >= 4 is 28.1 Å². The summed E-state index contributed by atoms with van der Waals surface area (Å²) < 4.78 is 3.97. The van der Waals surface area contributed by atoms with E-state index in [-0.39, 0.29) is 0 Å². The van der Waals surface area contributed by atoms with Crippen LogP contribution in [0.1, 0.15) is 31.0 Å². The zero-order valence-electron chi connectivity index (χ0n) is 9.90. The molecule has 2 nitrogen and oxygen atoms in total. The summed E-state index contributed by atoms with van der Waals surface area (Å²) in [6.45, 7) is 5.08. The molecule has 1 N–H and O–H groups in total. The number of nitrogens with one attached hydrogen (secondary N) is 1. The molecule has 1 aromatic carbocycles. The molecule has 1 aromatic heterocycles. The standard InChI is InChI=1S/C13H15BrN2S/c1-9(2)12-7-13(17)16(15-12)8-10-5-3-4-6-11(10)14/h3-7,9,15H,8H2,1-2H3. The van der Waals surface area contributed by atoms with E-state index in [2.05, 4.69) is 40.9 Å². The minimum absolute atomic E-state index is 0.470. The molecular weight excluding hydrogens is 296 g/mol. The number of hydrogen-bond acceptors (Lipinski definition) is 1. The zero-order chi connectivity index (χ0) is 12.4. The molecule has 90 valence electrons. The Morgan fingerprint density at radius 3 is 2.65 bits per heavy atom. The number of halogens is 1.